The third-order valence-corrected chi connectivity index (χ3v) is 0.923. The first kappa shape index (κ1) is 8.79. The van der Waals surface area contributed by atoms with E-state index in [2.05, 4.69) is 5.92 Å². The molecule has 0 saturated heterocycles. The maximum absolute atomic E-state index is 10.2. The van der Waals surface area contributed by atoms with E-state index in [0.29, 0.717) is 0 Å². The summed E-state index contributed by atoms with van der Waals surface area (Å²) in [6, 6.07) is 0. The van der Waals surface area contributed by atoms with E-state index in [1.165, 1.54) is 0 Å². The number of hydrogen-bond acceptors (Lipinski definition) is 2. The Morgan fingerprint density at radius 2 is 2.30 bits per heavy atom. The molecule has 0 unspecified atom stereocenters. The molecule has 0 fully saturated rings. The monoisotopic (exact) mass is 143 g/mol. The second kappa shape index (κ2) is 4.65. The number of carboxylic acid groups (broad SMARTS) is 1. The number of aliphatic hydroxyl groups excluding tert-OH is 1. The zero-order valence-corrected chi connectivity index (χ0v) is 5.45. The molecule has 10 heavy (non-hydrogen) atoms. The zero-order chi connectivity index (χ0) is 7.98. The number of nitrogens with zero attached hydrogens (tertiary/aromatic N) is 1. The molecule has 0 aliphatic heterocycles. The minimum Gasteiger partial charge on any atom is -0.465 e. The molecule has 0 aromatic rings. The van der Waals surface area contributed by atoms with Crippen molar-refractivity contribution in [2.45, 2.75) is 0 Å². The van der Waals surface area contributed by atoms with Gasteiger partial charge in [-0.3, -0.25) is 4.90 Å². The summed E-state index contributed by atoms with van der Waals surface area (Å²) in [5.41, 5.74) is 0. The number of aliphatic hydroxyl groups is 1. The Labute approximate surface area is 59.1 Å². The van der Waals surface area contributed by atoms with E-state index in [1.54, 1.807) is 0 Å². The van der Waals surface area contributed by atoms with Gasteiger partial charge in [0, 0.05) is 6.54 Å². The Morgan fingerprint density at radius 1 is 1.70 bits per heavy atom. The molecule has 0 aliphatic carbocycles. The summed E-state index contributed by atoms with van der Waals surface area (Å²) in [6.45, 7) is -0.108. The minimum absolute atomic E-state index is 0.0237. The van der Waals surface area contributed by atoms with Gasteiger partial charge >= 0.3 is 6.09 Å². The number of terminal acetylenes is 1. The Morgan fingerprint density at radius 3 is 2.60 bits per heavy atom. The second-order valence-corrected chi connectivity index (χ2v) is 1.63. The van der Waals surface area contributed by atoms with Gasteiger partial charge in [-0.15, -0.1) is 6.42 Å². The molecule has 0 rings (SSSR count). The molecule has 4 nitrogen and oxygen atoms in total. The van der Waals surface area contributed by atoms with Gasteiger partial charge in [0.2, 0.25) is 0 Å². The first-order valence-electron chi connectivity index (χ1n) is 2.74. The summed E-state index contributed by atoms with van der Waals surface area (Å²) in [4.78, 5) is 11.2. The van der Waals surface area contributed by atoms with Crippen molar-refractivity contribution in [2.75, 3.05) is 19.7 Å². The summed E-state index contributed by atoms with van der Waals surface area (Å²) in [5.74, 6) is 2.17. The van der Waals surface area contributed by atoms with Gasteiger partial charge in [-0.2, -0.15) is 0 Å². The van der Waals surface area contributed by atoms with Gasteiger partial charge in [0.1, 0.15) is 0 Å². The quantitative estimate of drug-likeness (QED) is 0.528. The SMILES string of the molecule is C#CCN(CCO)C(=O)O. The van der Waals surface area contributed by atoms with Crippen LogP contribution < -0.4 is 0 Å². The van der Waals surface area contributed by atoms with Crippen LogP contribution in [0.4, 0.5) is 4.79 Å². The van der Waals surface area contributed by atoms with E-state index in [4.69, 9.17) is 16.6 Å². The summed E-state index contributed by atoms with van der Waals surface area (Å²) < 4.78 is 0. The lowest BCUT2D eigenvalue weighted by Crippen LogP contribution is -2.32. The van der Waals surface area contributed by atoms with Crippen molar-refractivity contribution in [3.63, 3.8) is 0 Å². The molecule has 0 bridgehead atoms. The van der Waals surface area contributed by atoms with E-state index in [-0.39, 0.29) is 19.7 Å². The van der Waals surface area contributed by atoms with Gasteiger partial charge in [-0.05, 0) is 0 Å². The lowest BCUT2D eigenvalue weighted by atomic mass is 10.5. The zero-order valence-electron chi connectivity index (χ0n) is 5.45. The number of rotatable bonds is 3. The van der Waals surface area contributed by atoms with Crippen molar-refractivity contribution >= 4 is 6.09 Å². The van der Waals surface area contributed by atoms with Gasteiger partial charge in [0.15, 0.2) is 0 Å². The van der Waals surface area contributed by atoms with E-state index < -0.39 is 6.09 Å². The maximum Gasteiger partial charge on any atom is 0.408 e. The Balaban J connectivity index is 3.75. The van der Waals surface area contributed by atoms with Crippen molar-refractivity contribution in [1.82, 2.24) is 4.90 Å². The number of amides is 1. The first-order valence-corrected chi connectivity index (χ1v) is 2.74. The Kier molecular flexibility index (Phi) is 4.09. The van der Waals surface area contributed by atoms with E-state index in [1.807, 2.05) is 0 Å². The van der Waals surface area contributed by atoms with Crippen molar-refractivity contribution in [1.29, 1.82) is 0 Å². The smallest absolute Gasteiger partial charge is 0.408 e. The van der Waals surface area contributed by atoms with Crippen LogP contribution in [0.5, 0.6) is 0 Å². The third-order valence-electron chi connectivity index (χ3n) is 0.923. The highest BCUT2D eigenvalue weighted by Crippen LogP contribution is 1.85. The average Bonchev–Trinajstić information content (AvgIpc) is 1.87. The normalized spacial score (nSPS) is 8.40. The van der Waals surface area contributed by atoms with Crippen LogP contribution in [-0.4, -0.2) is 40.9 Å². The molecule has 0 radical (unpaired) electrons. The van der Waals surface area contributed by atoms with Crippen molar-refractivity contribution in [2.24, 2.45) is 0 Å². The topological polar surface area (TPSA) is 60.8 Å². The molecule has 0 heterocycles. The standard InChI is InChI=1S/C6H9NO3/c1-2-3-7(4-5-8)6(9)10/h1,8H,3-5H2,(H,9,10). The predicted octanol–water partition coefficient (Wildman–Crippen LogP) is -0.408. The Hall–Kier alpha value is -1.21. The minimum atomic E-state index is -1.10. The molecule has 56 valence electrons. The highest BCUT2D eigenvalue weighted by molar-refractivity contribution is 5.65. The maximum atomic E-state index is 10.2. The molecule has 0 saturated carbocycles. The van der Waals surface area contributed by atoms with Crippen molar-refractivity contribution < 1.29 is 15.0 Å². The van der Waals surface area contributed by atoms with Crippen LogP contribution >= 0.6 is 0 Å². The van der Waals surface area contributed by atoms with E-state index >= 15 is 0 Å². The van der Waals surface area contributed by atoms with Crippen LogP contribution in [0, 0.1) is 12.3 Å². The fraction of sp³-hybridized carbons (Fsp3) is 0.500. The van der Waals surface area contributed by atoms with Crippen molar-refractivity contribution in [3.8, 4) is 12.3 Å². The lowest BCUT2D eigenvalue weighted by Gasteiger charge is -2.13. The van der Waals surface area contributed by atoms with E-state index in [0.717, 1.165) is 4.90 Å². The van der Waals surface area contributed by atoms with Crippen LogP contribution in [0.1, 0.15) is 0 Å². The highest BCUT2D eigenvalue weighted by atomic mass is 16.4. The fourth-order valence-electron chi connectivity index (χ4n) is 0.473. The summed E-state index contributed by atoms with van der Waals surface area (Å²) >= 11 is 0. The average molecular weight is 143 g/mol. The fourth-order valence-corrected chi connectivity index (χ4v) is 0.473. The summed E-state index contributed by atoms with van der Waals surface area (Å²) in [5, 5.41) is 16.7. The van der Waals surface area contributed by atoms with Gasteiger partial charge in [-0.25, -0.2) is 4.79 Å². The molecule has 4 heteroatoms. The second-order valence-electron chi connectivity index (χ2n) is 1.63. The van der Waals surface area contributed by atoms with Gasteiger partial charge in [-0.1, -0.05) is 5.92 Å². The molecule has 0 spiro atoms. The van der Waals surface area contributed by atoms with Crippen LogP contribution in [0.2, 0.25) is 0 Å². The third kappa shape index (κ3) is 2.95. The highest BCUT2D eigenvalue weighted by Gasteiger charge is 2.07. The number of hydrogen-bond donors (Lipinski definition) is 2. The molecule has 2 N–H and O–H groups in total. The molecular weight excluding hydrogens is 134 g/mol. The van der Waals surface area contributed by atoms with Gasteiger partial charge < -0.3 is 10.2 Å². The van der Waals surface area contributed by atoms with Crippen LogP contribution in [0.3, 0.4) is 0 Å². The predicted molar refractivity (Wildman–Crippen MR) is 35.5 cm³/mol. The van der Waals surface area contributed by atoms with Gasteiger partial charge in [0.25, 0.3) is 0 Å². The summed E-state index contributed by atoms with van der Waals surface area (Å²) in [6.07, 6.45) is 3.76. The van der Waals surface area contributed by atoms with Crippen LogP contribution in [0.15, 0.2) is 0 Å². The molecule has 0 aromatic carbocycles. The number of carbonyl (C=O) groups is 1. The molecule has 0 aliphatic rings. The first-order chi connectivity index (χ1) is 4.72. The molecule has 0 atom stereocenters. The van der Waals surface area contributed by atoms with Crippen LogP contribution in [0.25, 0.3) is 0 Å². The molecule has 1 amide bonds. The summed E-state index contributed by atoms with van der Waals surface area (Å²) in [7, 11) is 0. The largest absolute Gasteiger partial charge is 0.465 e. The van der Waals surface area contributed by atoms with E-state index in [9.17, 15) is 4.79 Å². The van der Waals surface area contributed by atoms with Gasteiger partial charge in [0.05, 0.1) is 13.2 Å². The van der Waals surface area contributed by atoms with Crippen LogP contribution in [-0.2, 0) is 0 Å². The molecular formula is C6H9NO3. The lowest BCUT2D eigenvalue weighted by molar-refractivity contribution is 0.139. The Bertz CT molecular complexity index is 150. The van der Waals surface area contributed by atoms with Crippen molar-refractivity contribution in [3.05, 3.63) is 0 Å². The molecule has 0 aromatic heterocycles.